The van der Waals surface area contributed by atoms with Gasteiger partial charge in [-0.15, -0.1) is 0 Å². The zero-order valence-corrected chi connectivity index (χ0v) is 17.9. The molecule has 158 valence electrons. The maximum atomic E-state index is 12.2. The molecule has 6 nitrogen and oxygen atoms in total. The van der Waals surface area contributed by atoms with Crippen LogP contribution >= 0.6 is 0 Å². The molecule has 0 bridgehead atoms. The smallest absolute Gasteiger partial charge is 0.247 e. The normalized spacial score (nSPS) is 17.8. The van der Waals surface area contributed by atoms with Gasteiger partial charge in [-0.25, -0.2) is 4.98 Å². The highest BCUT2D eigenvalue weighted by atomic mass is 16.5. The monoisotopic (exact) mass is 399 g/mol. The van der Waals surface area contributed by atoms with Crippen molar-refractivity contribution in [2.75, 3.05) is 20.3 Å². The average Bonchev–Trinajstić information content (AvgIpc) is 3.09. The summed E-state index contributed by atoms with van der Waals surface area (Å²) < 4.78 is 13.3. The van der Waals surface area contributed by atoms with Crippen molar-refractivity contribution in [1.29, 1.82) is 0 Å². The van der Waals surface area contributed by atoms with E-state index in [1.165, 1.54) is 7.11 Å². The number of hydrogen-bond donors (Lipinski definition) is 1. The van der Waals surface area contributed by atoms with E-state index < -0.39 is 12.0 Å². The van der Waals surface area contributed by atoms with Gasteiger partial charge in [-0.1, -0.05) is 51.1 Å². The number of methoxy groups -OCH3 is 1. The van der Waals surface area contributed by atoms with E-state index in [4.69, 9.17) is 20.2 Å². The summed E-state index contributed by atoms with van der Waals surface area (Å²) in [4.78, 5) is 17.2. The number of carbonyl (C=O) groups excluding carboxylic acids is 1. The summed E-state index contributed by atoms with van der Waals surface area (Å²) >= 11 is 0. The van der Waals surface area contributed by atoms with E-state index in [9.17, 15) is 4.79 Å². The number of imidazole rings is 1. The number of ether oxygens (including phenoxy) is 2. The molecule has 2 N–H and O–H groups in total. The van der Waals surface area contributed by atoms with Gasteiger partial charge < -0.3 is 19.8 Å². The molecule has 2 aromatic rings. The lowest BCUT2D eigenvalue weighted by molar-refractivity contribution is -0.131. The van der Waals surface area contributed by atoms with E-state index >= 15 is 0 Å². The molecule has 0 spiro atoms. The Labute approximate surface area is 173 Å². The van der Waals surface area contributed by atoms with Gasteiger partial charge in [0.05, 0.1) is 11.6 Å². The summed E-state index contributed by atoms with van der Waals surface area (Å²) in [5.41, 5.74) is 7.42. The summed E-state index contributed by atoms with van der Waals surface area (Å²) in [6.45, 7) is 8.74. The molecule has 2 atom stereocenters. The Hall–Kier alpha value is -2.18. The van der Waals surface area contributed by atoms with Crippen molar-refractivity contribution in [2.45, 2.75) is 52.2 Å². The minimum absolute atomic E-state index is 0.261. The van der Waals surface area contributed by atoms with Crippen LogP contribution in [-0.2, 0) is 20.8 Å². The van der Waals surface area contributed by atoms with Crippen molar-refractivity contribution in [3.05, 3.63) is 42.4 Å². The van der Waals surface area contributed by atoms with Crippen molar-refractivity contribution in [2.24, 2.45) is 17.1 Å². The zero-order chi connectivity index (χ0) is 21.0. The fourth-order valence-corrected chi connectivity index (χ4v) is 4.17. The van der Waals surface area contributed by atoms with Crippen LogP contribution in [0.4, 0.5) is 0 Å². The van der Waals surface area contributed by atoms with Crippen LogP contribution in [0.25, 0.3) is 11.3 Å². The molecule has 0 aliphatic carbocycles. The fraction of sp³-hybridized carbons (Fsp3) is 0.565. The lowest BCUT2D eigenvalue weighted by Crippen LogP contribution is -2.42. The third kappa shape index (κ3) is 5.06. The highest BCUT2D eigenvalue weighted by Gasteiger charge is 2.40. The maximum Gasteiger partial charge on any atom is 0.247 e. The Morgan fingerprint density at radius 1 is 1.28 bits per heavy atom. The second-order valence-corrected chi connectivity index (χ2v) is 8.96. The van der Waals surface area contributed by atoms with Gasteiger partial charge in [0, 0.05) is 38.6 Å². The third-order valence-electron chi connectivity index (χ3n) is 5.72. The Bertz CT molecular complexity index is 805. The van der Waals surface area contributed by atoms with Crippen LogP contribution in [0.1, 0.15) is 45.4 Å². The van der Waals surface area contributed by atoms with Crippen LogP contribution in [0.2, 0.25) is 0 Å². The molecular formula is C23H33N3O3. The molecule has 1 aliphatic heterocycles. The standard InChI is InChI=1S/C23H33N3O3/c1-23(2,3)19(20(28-4)21(24)27)22-25-18(17-8-6-5-7-9-17)15-26(22)14-16-10-12-29-13-11-16/h5-9,15-16,19-20H,10-14H2,1-4H3,(H2,24,27)/t19-,20?/m0/s1. The van der Waals surface area contributed by atoms with E-state index in [0.29, 0.717) is 5.92 Å². The van der Waals surface area contributed by atoms with Gasteiger partial charge in [-0.05, 0) is 24.2 Å². The van der Waals surface area contributed by atoms with E-state index in [0.717, 1.165) is 49.7 Å². The lowest BCUT2D eigenvalue weighted by Gasteiger charge is -2.35. The molecule has 1 aromatic carbocycles. The van der Waals surface area contributed by atoms with Gasteiger partial charge in [0.2, 0.25) is 5.91 Å². The second-order valence-electron chi connectivity index (χ2n) is 8.96. The number of primary amides is 1. The number of amides is 1. The largest absolute Gasteiger partial charge is 0.381 e. The van der Waals surface area contributed by atoms with Crippen molar-refractivity contribution >= 4 is 5.91 Å². The number of aromatic nitrogens is 2. The van der Waals surface area contributed by atoms with Crippen LogP contribution in [0.15, 0.2) is 36.5 Å². The van der Waals surface area contributed by atoms with E-state index in [1.807, 2.05) is 18.2 Å². The van der Waals surface area contributed by atoms with Crippen LogP contribution in [0, 0.1) is 11.3 Å². The lowest BCUT2D eigenvalue weighted by atomic mass is 9.76. The maximum absolute atomic E-state index is 12.2. The minimum atomic E-state index is -0.741. The average molecular weight is 400 g/mol. The third-order valence-corrected chi connectivity index (χ3v) is 5.72. The van der Waals surface area contributed by atoms with Crippen molar-refractivity contribution in [3.63, 3.8) is 0 Å². The molecule has 1 amide bonds. The van der Waals surface area contributed by atoms with Crippen LogP contribution < -0.4 is 5.73 Å². The molecule has 1 fully saturated rings. The summed E-state index contributed by atoms with van der Waals surface area (Å²) in [6, 6.07) is 10.1. The zero-order valence-electron chi connectivity index (χ0n) is 17.9. The number of nitrogens with two attached hydrogens (primary N) is 1. The number of rotatable bonds is 7. The summed E-state index contributed by atoms with van der Waals surface area (Å²) in [6.07, 6.45) is 3.42. The molecule has 0 radical (unpaired) electrons. The first-order valence-corrected chi connectivity index (χ1v) is 10.3. The molecule has 1 saturated heterocycles. The number of carbonyl (C=O) groups is 1. The van der Waals surface area contributed by atoms with E-state index in [-0.39, 0.29) is 11.3 Å². The SMILES string of the molecule is COC(C(N)=O)[C@@H](c1nc(-c2ccccc2)cn1CC1CCOCC1)C(C)(C)C. The van der Waals surface area contributed by atoms with Crippen molar-refractivity contribution in [1.82, 2.24) is 9.55 Å². The van der Waals surface area contributed by atoms with Gasteiger partial charge in [0.15, 0.2) is 0 Å². The summed E-state index contributed by atoms with van der Waals surface area (Å²) in [7, 11) is 1.54. The van der Waals surface area contributed by atoms with Crippen molar-refractivity contribution < 1.29 is 14.3 Å². The molecule has 1 aromatic heterocycles. The fourth-order valence-electron chi connectivity index (χ4n) is 4.17. The molecule has 29 heavy (non-hydrogen) atoms. The van der Waals surface area contributed by atoms with Gasteiger partial charge in [0.1, 0.15) is 11.9 Å². The highest BCUT2D eigenvalue weighted by Crippen LogP contribution is 2.40. The molecule has 2 heterocycles. The van der Waals surface area contributed by atoms with Crippen LogP contribution in [0.5, 0.6) is 0 Å². The van der Waals surface area contributed by atoms with E-state index in [1.54, 1.807) is 0 Å². The Morgan fingerprint density at radius 2 is 1.93 bits per heavy atom. The quantitative estimate of drug-likeness (QED) is 0.771. The first kappa shape index (κ1) is 21.5. The van der Waals surface area contributed by atoms with Crippen LogP contribution in [0.3, 0.4) is 0 Å². The first-order valence-electron chi connectivity index (χ1n) is 10.3. The Morgan fingerprint density at radius 3 is 2.48 bits per heavy atom. The molecular weight excluding hydrogens is 366 g/mol. The molecule has 6 heteroatoms. The number of benzene rings is 1. The predicted molar refractivity (Wildman–Crippen MR) is 113 cm³/mol. The Balaban J connectivity index is 2.07. The highest BCUT2D eigenvalue weighted by molar-refractivity contribution is 5.80. The minimum Gasteiger partial charge on any atom is -0.381 e. The second kappa shape index (κ2) is 9.09. The molecule has 3 rings (SSSR count). The number of nitrogens with zero attached hydrogens (tertiary/aromatic N) is 2. The topological polar surface area (TPSA) is 79.4 Å². The molecule has 1 aliphatic rings. The molecule has 0 saturated carbocycles. The van der Waals surface area contributed by atoms with Gasteiger partial charge in [-0.2, -0.15) is 0 Å². The predicted octanol–water partition coefficient (Wildman–Crippen LogP) is 3.61. The van der Waals surface area contributed by atoms with E-state index in [2.05, 4.69) is 43.7 Å². The van der Waals surface area contributed by atoms with Crippen LogP contribution in [-0.4, -0.2) is 41.9 Å². The number of hydrogen-bond acceptors (Lipinski definition) is 4. The van der Waals surface area contributed by atoms with Crippen molar-refractivity contribution in [3.8, 4) is 11.3 Å². The molecule has 1 unspecified atom stereocenters. The summed E-state index contributed by atoms with van der Waals surface area (Å²) in [5, 5.41) is 0. The first-order chi connectivity index (χ1) is 13.8. The Kier molecular flexibility index (Phi) is 6.75. The van der Waals surface area contributed by atoms with Gasteiger partial charge >= 0.3 is 0 Å². The summed E-state index contributed by atoms with van der Waals surface area (Å²) in [5.74, 6) is 0.653. The van der Waals surface area contributed by atoms with Gasteiger partial charge in [-0.3, -0.25) is 4.79 Å². The van der Waals surface area contributed by atoms with Gasteiger partial charge in [0.25, 0.3) is 0 Å².